The fourth-order valence-electron chi connectivity index (χ4n) is 3.71. The first-order valence-electron chi connectivity index (χ1n) is 9.80. The third-order valence-electron chi connectivity index (χ3n) is 5.28. The summed E-state index contributed by atoms with van der Waals surface area (Å²) in [5.41, 5.74) is 2.16. The zero-order valence-corrected chi connectivity index (χ0v) is 16.9. The topological polar surface area (TPSA) is 44.4 Å². The summed E-state index contributed by atoms with van der Waals surface area (Å²) >= 11 is 5.87. The molecule has 0 unspecified atom stereocenters. The van der Waals surface area contributed by atoms with Crippen LogP contribution in [-0.2, 0) is 11.3 Å². The molecule has 1 aliphatic rings. The van der Waals surface area contributed by atoms with Gasteiger partial charge in [-0.15, -0.1) is 0 Å². The highest BCUT2D eigenvalue weighted by Crippen LogP contribution is 2.25. The summed E-state index contributed by atoms with van der Waals surface area (Å²) in [5, 5.41) is 6.12. The van der Waals surface area contributed by atoms with Crippen LogP contribution < -0.4 is 10.6 Å². The standard InChI is InChI=1S/C22H27ClFN3O/c1-27(18-8-3-2-4-9-18)15-16-7-5-6-10-20(16)25-14-22(28)26-21-13-17(23)11-12-19(21)24/h5-7,10-13,18,25H,2-4,8-9,14-15H2,1H3,(H,26,28). The molecule has 4 nitrogen and oxygen atoms in total. The van der Waals surface area contributed by atoms with E-state index in [4.69, 9.17) is 11.6 Å². The minimum absolute atomic E-state index is 0.0517. The molecule has 0 heterocycles. The van der Waals surface area contributed by atoms with Crippen molar-refractivity contribution in [1.82, 2.24) is 4.90 Å². The van der Waals surface area contributed by atoms with E-state index in [-0.39, 0.29) is 18.1 Å². The fourth-order valence-corrected chi connectivity index (χ4v) is 3.89. The predicted molar refractivity (Wildman–Crippen MR) is 113 cm³/mol. The minimum atomic E-state index is -0.507. The largest absolute Gasteiger partial charge is 0.376 e. The Morgan fingerprint density at radius 1 is 1.14 bits per heavy atom. The normalized spacial score (nSPS) is 14.9. The molecule has 0 saturated heterocycles. The predicted octanol–water partition coefficient (Wildman–Crippen LogP) is 5.29. The molecule has 1 fully saturated rings. The smallest absolute Gasteiger partial charge is 0.243 e. The van der Waals surface area contributed by atoms with Crippen LogP contribution in [0.4, 0.5) is 15.8 Å². The third-order valence-corrected chi connectivity index (χ3v) is 5.51. The van der Waals surface area contributed by atoms with E-state index in [0.29, 0.717) is 11.1 Å². The van der Waals surface area contributed by atoms with Gasteiger partial charge in [-0.25, -0.2) is 4.39 Å². The van der Waals surface area contributed by atoms with E-state index in [1.807, 2.05) is 18.2 Å². The second kappa shape index (κ2) is 9.89. The number of nitrogens with one attached hydrogen (secondary N) is 2. The zero-order chi connectivity index (χ0) is 19.9. The lowest BCUT2D eigenvalue weighted by Gasteiger charge is -2.31. The van der Waals surface area contributed by atoms with Gasteiger partial charge in [0.2, 0.25) is 5.91 Å². The van der Waals surface area contributed by atoms with Crippen molar-refractivity contribution in [3.8, 4) is 0 Å². The van der Waals surface area contributed by atoms with Crippen molar-refractivity contribution in [2.45, 2.75) is 44.7 Å². The number of amides is 1. The Morgan fingerprint density at radius 2 is 1.89 bits per heavy atom. The SMILES string of the molecule is CN(Cc1ccccc1NCC(=O)Nc1cc(Cl)ccc1F)C1CCCCC1. The molecule has 0 aliphatic heterocycles. The Bertz CT molecular complexity index is 808. The van der Waals surface area contributed by atoms with Crippen LogP contribution in [0.25, 0.3) is 0 Å². The van der Waals surface area contributed by atoms with Gasteiger partial charge in [0, 0.05) is 23.3 Å². The van der Waals surface area contributed by atoms with E-state index in [9.17, 15) is 9.18 Å². The number of hydrogen-bond acceptors (Lipinski definition) is 3. The Morgan fingerprint density at radius 3 is 2.68 bits per heavy atom. The van der Waals surface area contributed by atoms with Crippen molar-refractivity contribution in [3.05, 3.63) is 58.9 Å². The number of halogens is 2. The number of nitrogens with zero attached hydrogens (tertiary/aromatic N) is 1. The van der Waals surface area contributed by atoms with Gasteiger partial charge in [-0.3, -0.25) is 9.69 Å². The van der Waals surface area contributed by atoms with E-state index in [0.717, 1.165) is 17.8 Å². The molecule has 0 radical (unpaired) electrons. The molecule has 0 bridgehead atoms. The summed E-state index contributed by atoms with van der Waals surface area (Å²) in [4.78, 5) is 14.6. The summed E-state index contributed by atoms with van der Waals surface area (Å²) in [5.74, 6) is -0.830. The van der Waals surface area contributed by atoms with Gasteiger partial charge < -0.3 is 10.6 Å². The average molecular weight is 404 g/mol. The molecule has 150 valence electrons. The van der Waals surface area contributed by atoms with Gasteiger partial charge in [-0.2, -0.15) is 0 Å². The molecule has 0 spiro atoms. The Hall–Kier alpha value is -2.11. The van der Waals surface area contributed by atoms with Crippen LogP contribution in [0.1, 0.15) is 37.7 Å². The Balaban J connectivity index is 1.58. The average Bonchev–Trinajstić information content (AvgIpc) is 2.71. The molecule has 3 rings (SSSR count). The van der Waals surface area contributed by atoms with Gasteiger partial charge in [0.05, 0.1) is 12.2 Å². The van der Waals surface area contributed by atoms with Crippen molar-refractivity contribution in [3.63, 3.8) is 0 Å². The summed E-state index contributed by atoms with van der Waals surface area (Å²) in [6.45, 7) is 0.883. The number of hydrogen-bond donors (Lipinski definition) is 2. The number of benzene rings is 2. The van der Waals surface area contributed by atoms with Gasteiger partial charge in [-0.05, 0) is 49.7 Å². The van der Waals surface area contributed by atoms with Crippen LogP contribution in [0.3, 0.4) is 0 Å². The maximum absolute atomic E-state index is 13.8. The number of anilines is 2. The highest BCUT2D eigenvalue weighted by Gasteiger charge is 2.19. The molecule has 1 aliphatic carbocycles. The number of carbonyl (C=O) groups is 1. The van der Waals surface area contributed by atoms with E-state index in [1.54, 1.807) is 0 Å². The van der Waals surface area contributed by atoms with Gasteiger partial charge in [0.1, 0.15) is 5.82 Å². The minimum Gasteiger partial charge on any atom is -0.376 e. The first kappa shape index (κ1) is 20.6. The lowest BCUT2D eigenvalue weighted by atomic mass is 9.94. The van der Waals surface area contributed by atoms with Crippen molar-refractivity contribution in [2.24, 2.45) is 0 Å². The Kier molecular flexibility index (Phi) is 7.29. The first-order chi connectivity index (χ1) is 13.5. The van der Waals surface area contributed by atoms with Crippen molar-refractivity contribution < 1.29 is 9.18 Å². The van der Waals surface area contributed by atoms with Crippen LogP contribution in [0, 0.1) is 5.82 Å². The molecule has 28 heavy (non-hydrogen) atoms. The number of para-hydroxylation sites is 1. The van der Waals surface area contributed by atoms with Crippen molar-refractivity contribution >= 4 is 28.9 Å². The van der Waals surface area contributed by atoms with Crippen LogP contribution >= 0.6 is 11.6 Å². The monoisotopic (exact) mass is 403 g/mol. The summed E-state index contributed by atoms with van der Waals surface area (Å²) in [6, 6.07) is 12.7. The lowest BCUT2D eigenvalue weighted by molar-refractivity contribution is -0.114. The highest BCUT2D eigenvalue weighted by molar-refractivity contribution is 6.30. The van der Waals surface area contributed by atoms with E-state index >= 15 is 0 Å². The molecule has 1 amide bonds. The van der Waals surface area contributed by atoms with Gasteiger partial charge >= 0.3 is 0 Å². The van der Waals surface area contributed by atoms with E-state index in [2.05, 4.69) is 28.6 Å². The van der Waals surface area contributed by atoms with E-state index in [1.165, 1.54) is 50.3 Å². The molecule has 6 heteroatoms. The lowest BCUT2D eigenvalue weighted by Crippen LogP contribution is -2.33. The van der Waals surface area contributed by atoms with Crippen molar-refractivity contribution in [2.75, 3.05) is 24.2 Å². The third kappa shape index (κ3) is 5.69. The molecular weight excluding hydrogens is 377 g/mol. The van der Waals surface area contributed by atoms with Gasteiger partial charge in [0.15, 0.2) is 0 Å². The summed E-state index contributed by atoms with van der Waals surface area (Å²) in [7, 11) is 2.17. The second-order valence-corrected chi connectivity index (χ2v) is 7.83. The number of rotatable bonds is 7. The van der Waals surface area contributed by atoms with Crippen LogP contribution in [-0.4, -0.2) is 30.4 Å². The molecule has 0 aromatic heterocycles. The van der Waals surface area contributed by atoms with Crippen LogP contribution in [0.15, 0.2) is 42.5 Å². The van der Waals surface area contributed by atoms with Gasteiger partial charge in [-0.1, -0.05) is 49.1 Å². The molecule has 1 saturated carbocycles. The molecule has 2 aromatic carbocycles. The van der Waals surface area contributed by atoms with Gasteiger partial charge in [0.25, 0.3) is 0 Å². The molecule has 0 atom stereocenters. The first-order valence-corrected chi connectivity index (χ1v) is 10.2. The summed E-state index contributed by atoms with van der Waals surface area (Å²) < 4.78 is 13.8. The second-order valence-electron chi connectivity index (χ2n) is 7.39. The molecular formula is C22H27ClFN3O. The van der Waals surface area contributed by atoms with Crippen LogP contribution in [0.2, 0.25) is 5.02 Å². The fraction of sp³-hybridized carbons (Fsp3) is 0.409. The van der Waals surface area contributed by atoms with Crippen LogP contribution in [0.5, 0.6) is 0 Å². The summed E-state index contributed by atoms with van der Waals surface area (Å²) in [6.07, 6.45) is 6.44. The maximum atomic E-state index is 13.8. The van der Waals surface area contributed by atoms with Crippen molar-refractivity contribution in [1.29, 1.82) is 0 Å². The quantitative estimate of drug-likeness (QED) is 0.659. The maximum Gasteiger partial charge on any atom is 0.243 e. The zero-order valence-electron chi connectivity index (χ0n) is 16.2. The molecule has 2 aromatic rings. The number of carbonyl (C=O) groups excluding carboxylic acids is 1. The van der Waals surface area contributed by atoms with E-state index < -0.39 is 5.82 Å². The Labute approximate surface area is 171 Å². The molecule has 2 N–H and O–H groups in total. The highest BCUT2D eigenvalue weighted by atomic mass is 35.5.